The second kappa shape index (κ2) is 11.9. The second-order valence-electron chi connectivity index (χ2n) is 8.69. The Labute approximate surface area is 215 Å². The van der Waals surface area contributed by atoms with Crippen molar-refractivity contribution in [3.8, 4) is 5.75 Å². The predicted octanol–water partition coefficient (Wildman–Crippen LogP) is 4.14. The Kier molecular flexibility index (Phi) is 8.38. The molecule has 1 aliphatic rings. The van der Waals surface area contributed by atoms with E-state index in [1.54, 1.807) is 12.0 Å². The summed E-state index contributed by atoms with van der Waals surface area (Å²) in [6.45, 7) is 0.304. The Morgan fingerprint density at radius 2 is 1.72 bits per heavy atom. The van der Waals surface area contributed by atoms with Crippen molar-refractivity contribution in [2.75, 3.05) is 14.2 Å². The fourth-order valence-corrected chi connectivity index (χ4v) is 5.57. The quantitative estimate of drug-likeness (QED) is 0.441. The van der Waals surface area contributed by atoms with E-state index >= 15 is 0 Å². The summed E-state index contributed by atoms with van der Waals surface area (Å²) in [5.41, 5.74) is 1.95. The molecule has 36 heavy (non-hydrogen) atoms. The lowest BCUT2D eigenvalue weighted by atomic mass is 9.97. The molecular weight excluding hydrogens is 476 g/mol. The Balaban J connectivity index is 1.57. The van der Waals surface area contributed by atoms with Crippen molar-refractivity contribution < 1.29 is 23.9 Å². The highest BCUT2D eigenvalue weighted by Gasteiger charge is 2.51. The maximum atomic E-state index is 13.6. The molecule has 0 aliphatic carbocycles. The zero-order valence-electron chi connectivity index (χ0n) is 20.4. The van der Waals surface area contributed by atoms with Crippen LogP contribution in [0.1, 0.15) is 34.9 Å². The van der Waals surface area contributed by atoms with Crippen molar-refractivity contribution >= 4 is 29.1 Å². The van der Waals surface area contributed by atoms with Crippen LogP contribution in [0.15, 0.2) is 72.1 Å². The van der Waals surface area contributed by atoms with Gasteiger partial charge in [0.2, 0.25) is 11.8 Å². The minimum atomic E-state index is -0.775. The van der Waals surface area contributed by atoms with E-state index in [0.29, 0.717) is 13.0 Å². The Hall–Kier alpha value is -3.65. The summed E-state index contributed by atoms with van der Waals surface area (Å²) in [7, 11) is 2.94. The van der Waals surface area contributed by atoms with Gasteiger partial charge in [-0.05, 0) is 47.5 Å². The third-order valence-corrected chi connectivity index (χ3v) is 7.46. The zero-order valence-corrected chi connectivity index (χ0v) is 21.2. The van der Waals surface area contributed by atoms with E-state index in [9.17, 15) is 14.4 Å². The standard InChI is InChI=1S/C28H30N2O5S/c1-34-21-13-10-20(11-14-21)18-29-27(32)23-17-22(28(33)35-2)26(24-9-6-16-36-24)30(23)25(31)15-12-19-7-4-3-5-8-19/h3-11,13-14,16,22-23,26H,12,15,17-18H2,1-2H3,(H,29,32). The van der Waals surface area contributed by atoms with E-state index in [1.807, 2.05) is 72.1 Å². The number of aryl methyl sites for hydroxylation is 1. The van der Waals surface area contributed by atoms with Crippen LogP contribution >= 0.6 is 11.3 Å². The first kappa shape index (κ1) is 25.4. The van der Waals surface area contributed by atoms with Crippen LogP contribution in [-0.2, 0) is 32.1 Å². The van der Waals surface area contributed by atoms with Gasteiger partial charge in [0.25, 0.3) is 0 Å². The van der Waals surface area contributed by atoms with Gasteiger partial charge in [-0.2, -0.15) is 0 Å². The van der Waals surface area contributed by atoms with E-state index in [0.717, 1.165) is 21.8 Å². The summed E-state index contributed by atoms with van der Waals surface area (Å²) >= 11 is 1.47. The summed E-state index contributed by atoms with van der Waals surface area (Å²) in [5, 5.41) is 4.87. The monoisotopic (exact) mass is 506 g/mol. The average molecular weight is 507 g/mol. The van der Waals surface area contributed by atoms with Gasteiger partial charge >= 0.3 is 5.97 Å². The van der Waals surface area contributed by atoms with Crippen LogP contribution in [0.2, 0.25) is 0 Å². The Morgan fingerprint density at radius 3 is 2.36 bits per heavy atom. The van der Waals surface area contributed by atoms with Gasteiger partial charge < -0.3 is 19.7 Å². The molecule has 1 fully saturated rings. The largest absolute Gasteiger partial charge is 0.497 e. The molecule has 3 unspecified atom stereocenters. The van der Waals surface area contributed by atoms with Crippen LogP contribution in [0.3, 0.4) is 0 Å². The average Bonchev–Trinajstić information content (AvgIpc) is 3.59. The molecular formula is C28H30N2O5S. The number of benzene rings is 2. The first-order valence-electron chi connectivity index (χ1n) is 11.9. The van der Waals surface area contributed by atoms with Crippen LogP contribution in [0.4, 0.5) is 0 Å². The van der Waals surface area contributed by atoms with Gasteiger partial charge in [0.05, 0.1) is 26.2 Å². The normalized spacial score (nSPS) is 19.1. The maximum Gasteiger partial charge on any atom is 0.311 e. The molecule has 0 radical (unpaired) electrons. The predicted molar refractivity (Wildman–Crippen MR) is 137 cm³/mol. The van der Waals surface area contributed by atoms with E-state index in [-0.39, 0.29) is 24.7 Å². The molecule has 0 saturated carbocycles. The number of esters is 1. The van der Waals surface area contributed by atoms with Crippen LogP contribution < -0.4 is 10.1 Å². The molecule has 4 rings (SSSR count). The van der Waals surface area contributed by atoms with Crippen molar-refractivity contribution in [1.29, 1.82) is 0 Å². The molecule has 0 bridgehead atoms. The molecule has 0 spiro atoms. The second-order valence-corrected chi connectivity index (χ2v) is 9.67. The molecule has 3 aromatic rings. The van der Waals surface area contributed by atoms with Crippen LogP contribution in [0, 0.1) is 5.92 Å². The van der Waals surface area contributed by atoms with Crippen molar-refractivity contribution in [2.24, 2.45) is 5.92 Å². The van der Waals surface area contributed by atoms with Crippen molar-refractivity contribution in [2.45, 2.75) is 37.9 Å². The lowest BCUT2D eigenvalue weighted by Crippen LogP contribution is -2.46. The van der Waals surface area contributed by atoms with Gasteiger partial charge in [0, 0.05) is 17.8 Å². The first-order valence-corrected chi connectivity index (χ1v) is 12.8. The van der Waals surface area contributed by atoms with Crippen LogP contribution in [0.5, 0.6) is 5.75 Å². The minimum absolute atomic E-state index is 0.159. The molecule has 2 aromatic carbocycles. The molecule has 1 saturated heterocycles. The van der Waals surface area contributed by atoms with Gasteiger partial charge in [-0.3, -0.25) is 14.4 Å². The molecule has 2 heterocycles. The number of nitrogens with zero attached hydrogens (tertiary/aromatic N) is 1. The SMILES string of the molecule is COC(=O)C1CC(C(=O)NCc2ccc(OC)cc2)N(C(=O)CCc2ccccc2)C1c1cccs1. The number of carbonyl (C=O) groups excluding carboxylic acids is 3. The molecule has 188 valence electrons. The van der Waals surface area contributed by atoms with Crippen molar-refractivity contribution in [1.82, 2.24) is 10.2 Å². The minimum Gasteiger partial charge on any atom is -0.497 e. The number of hydrogen-bond donors (Lipinski definition) is 1. The Bertz CT molecular complexity index is 1160. The first-order chi connectivity index (χ1) is 17.5. The summed E-state index contributed by atoms with van der Waals surface area (Å²) in [5.74, 6) is -0.748. The number of thiophene rings is 1. The molecule has 1 aromatic heterocycles. The van der Waals surface area contributed by atoms with E-state index in [2.05, 4.69) is 5.32 Å². The number of amides is 2. The van der Waals surface area contributed by atoms with Gasteiger partial charge in [-0.1, -0.05) is 48.5 Å². The van der Waals surface area contributed by atoms with Crippen LogP contribution in [0.25, 0.3) is 0 Å². The number of carbonyl (C=O) groups is 3. The molecule has 3 atom stereocenters. The van der Waals surface area contributed by atoms with Crippen LogP contribution in [-0.4, -0.2) is 42.9 Å². The summed E-state index contributed by atoms with van der Waals surface area (Å²) in [6, 6.07) is 19.6. The summed E-state index contributed by atoms with van der Waals surface area (Å²) in [4.78, 5) is 42.3. The summed E-state index contributed by atoms with van der Waals surface area (Å²) < 4.78 is 10.3. The van der Waals surface area contributed by atoms with Gasteiger partial charge in [0.1, 0.15) is 11.8 Å². The van der Waals surface area contributed by atoms with Gasteiger partial charge in [-0.15, -0.1) is 11.3 Å². The van der Waals surface area contributed by atoms with E-state index in [4.69, 9.17) is 9.47 Å². The number of ether oxygens (including phenoxy) is 2. The van der Waals surface area contributed by atoms with Gasteiger partial charge in [-0.25, -0.2) is 0 Å². The van der Waals surface area contributed by atoms with Crippen molar-refractivity contribution in [3.63, 3.8) is 0 Å². The molecule has 7 nitrogen and oxygen atoms in total. The number of hydrogen-bond acceptors (Lipinski definition) is 6. The number of rotatable bonds is 9. The fourth-order valence-electron chi connectivity index (χ4n) is 4.68. The topological polar surface area (TPSA) is 84.9 Å². The van der Waals surface area contributed by atoms with Gasteiger partial charge in [0.15, 0.2) is 0 Å². The number of likely N-dealkylation sites (tertiary alicyclic amines) is 1. The zero-order chi connectivity index (χ0) is 25.5. The third kappa shape index (κ3) is 5.76. The lowest BCUT2D eigenvalue weighted by Gasteiger charge is -2.30. The molecule has 8 heteroatoms. The molecule has 1 N–H and O–H groups in total. The van der Waals surface area contributed by atoms with Crippen molar-refractivity contribution in [3.05, 3.63) is 88.1 Å². The number of nitrogens with one attached hydrogen (secondary N) is 1. The summed E-state index contributed by atoms with van der Waals surface area (Å²) in [6.07, 6.45) is 0.999. The highest BCUT2D eigenvalue weighted by Crippen LogP contribution is 2.44. The van der Waals surface area contributed by atoms with E-state index < -0.39 is 24.0 Å². The third-order valence-electron chi connectivity index (χ3n) is 6.52. The molecule has 2 amide bonds. The van der Waals surface area contributed by atoms with E-state index in [1.165, 1.54) is 18.4 Å². The smallest absolute Gasteiger partial charge is 0.311 e. The number of methoxy groups -OCH3 is 2. The maximum absolute atomic E-state index is 13.6. The lowest BCUT2D eigenvalue weighted by molar-refractivity contribution is -0.147. The molecule has 1 aliphatic heterocycles. The highest BCUT2D eigenvalue weighted by atomic mass is 32.1. The Morgan fingerprint density at radius 1 is 0.972 bits per heavy atom. The highest BCUT2D eigenvalue weighted by molar-refractivity contribution is 7.10. The fraction of sp³-hybridized carbons (Fsp3) is 0.321.